The molecule has 1 aliphatic rings. The Balaban J connectivity index is 1.99. The van der Waals surface area contributed by atoms with Gasteiger partial charge in [0, 0.05) is 30.1 Å². The van der Waals surface area contributed by atoms with Crippen LogP contribution in [-0.4, -0.2) is 19.9 Å². The number of hydrogen-bond acceptors (Lipinski definition) is 3. The Morgan fingerprint density at radius 3 is 2.75 bits per heavy atom. The second kappa shape index (κ2) is 5.81. The van der Waals surface area contributed by atoms with Crippen molar-refractivity contribution in [1.82, 2.24) is 5.32 Å². The molecule has 1 aliphatic carbocycles. The van der Waals surface area contributed by atoms with Crippen LogP contribution in [0.25, 0.3) is 10.8 Å². The van der Waals surface area contributed by atoms with Crippen molar-refractivity contribution in [3.63, 3.8) is 0 Å². The highest BCUT2D eigenvalue weighted by molar-refractivity contribution is 5.89. The van der Waals surface area contributed by atoms with Crippen LogP contribution < -0.4 is 10.1 Å². The van der Waals surface area contributed by atoms with Crippen molar-refractivity contribution in [2.24, 2.45) is 0 Å². The standard InChI is InChI=1S/C17H21NO2/c1-12(18-14-8-9-14)15-10-7-13-5-3-4-6-16(13)17(15)20-11-19-2/h3-7,10,12,14,18H,8-9,11H2,1-2H3. The third kappa shape index (κ3) is 2.79. The topological polar surface area (TPSA) is 30.5 Å². The molecule has 2 aromatic carbocycles. The number of ether oxygens (including phenoxy) is 2. The van der Waals surface area contributed by atoms with Gasteiger partial charge in [0.25, 0.3) is 0 Å². The normalized spacial score (nSPS) is 16.3. The maximum absolute atomic E-state index is 5.86. The molecule has 0 radical (unpaired) electrons. The summed E-state index contributed by atoms with van der Waals surface area (Å²) in [7, 11) is 1.65. The van der Waals surface area contributed by atoms with E-state index in [1.807, 2.05) is 12.1 Å². The van der Waals surface area contributed by atoms with Gasteiger partial charge < -0.3 is 14.8 Å². The molecule has 0 spiro atoms. The number of hydrogen-bond donors (Lipinski definition) is 1. The average molecular weight is 271 g/mol. The van der Waals surface area contributed by atoms with Crippen molar-refractivity contribution in [3.8, 4) is 5.75 Å². The summed E-state index contributed by atoms with van der Waals surface area (Å²) < 4.78 is 10.9. The molecule has 0 bridgehead atoms. The first-order chi connectivity index (χ1) is 9.79. The average Bonchev–Trinajstić information content (AvgIpc) is 3.28. The van der Waals surface area contributed by atoms with Crippen molar-refractivity contribution in [3.05, 3.63) is 42.0 Å². The number of benzene rings is 2. The molecule has 0 saturated heterocycles. The molecule has 1 fully saturated rings. The van der Waals surface area contributed by atoms with Crippen LogP contribution in [0, 0.1) is 0 Å². The van der Waals surface area contributed by atoms with Crippen LogP contribution in [0.15, 0.2) is 36.4 Å². The molecule has 106 valence electrons. The van der Waals surface area contributed by atoms with Crippen molar-refractivity contribution in [2.75, 3.05) is 13.9 Å². The Hall–Kier alpha value is -1.58. The molecule has 3 heteroatoms. The fourth-order valence-corrected chi connectivity index (χ4v) is 2.57. The molecule has 0 aliphatic heterocycles. The smallest absolute Gasteiger partial charge is 0.188 e. The van der Waals surface area contributed by atoms with Gasteiger partial charge in [-0.05, 0) is 25.2 Å². The van der Waals surface area contributed by atoms with E-state index in [4.69, 9.17) is 9.47 Å². The van der Waals surface area contributed by atoms with Gasteiger partial charge in [-0.15, -0.1) is 0 Å². The Morgan fingerprint density at radius 1 is 1.20 bits per heavy atom. The summed E-state index contributed by atoms with van der Waals surface area (Å²) >= 11 is 0. The second-order valence-corrected chi connectivity index (χ2v) is 5.42. The summed E-state index contributed by atoms with van der Waals surface area (Å²) in [6.07, 6.45) is 2.57. The van der Waals surface area contributed by atoms with E-state index >= 15 is 0 Å². The first kappa shape index (κ1) is 13.4. The highest BCUT2D eigenvalue weighted by atomic mass is 16.7. The minimum Gasteiger partial charge on any atom is -0.467 e. The van der Waals surface area contributed by atoms with Gasteiger partial charge in [-0.3, -0.25) is 0 Å². The summed E-state index contributed by atoms with van der Waals surface area (Å²) in [6.45, 7) is 2.47. The zero-order chi connectivity index (χ0) is 13.9. The monoisotopic (exact) mass is 271 g/mol. The molecule has 1 saturated carbocycles. The quantitative estimate of drug-likeness (QED) is 0.814. The SMILES string of the molecule is COCOc1c(C(C)NC2CC2)ccc2ccccc12. The van der Waals surface area contributed by atoms with Crippen molar-refractivity contribution in [2.45, 2.75) is 31.8 Å². The van der Waals surface area contributed by atoms with Gasteiger partial charge >= 0.3 is 0 Å². The summed E-state index contributed by atoms with van der Waals surface area (Å²) in [5.41, 5.74) is 1.20. The van der Waals surface area contributed by atoms with Crippen molar-refractivity contribution < 1.29 is 9.47 Å². The first-order valence-corrected chi connectivity index (χ1v) is 7.19. The van der Waals surface area contributed by atoms with E-state index in [1.54, 1.807) is 7.11 Å². The fraction of sp³-hybridized carbons (Fsp3) is 0.412. The minimum absolute atomic E-state index is 0.275. The molecule has 2 aromatic rings. The Labute approximate surface area is 119 Å². The van der Waals surface area contributed by atoms with E-state index in [2.05, 4.69) is 36.5 Å². The van der Waals surface area contributed by atoms with E-state index in [1.165, 1.54) is 23.8 Å². The Kier molecular flexibility index (Phi) is 3.90. The van der Waals surface area contributed by atoms with E-state index in [0.29, 0.717) is 12.1 Å². The van der Waals surface area contributed by atoms with Crippen LogP contribution in [-0.2, 0) is 4.74 Å². The van der Waals surface area contributed by atoms with Gasteiger partial charge in [0.1, 0.15) is 5.75 Å². The largest absolute Gasteiger partial charge is 0.467 e. The summed E-state index contributed by atoms with van der Waals surface area (Å²) in [6, 6.07) is 13.6. The molecular formula is C17H21NO2. The number of fused-ring (bicyclic) bond motifs is 1. The van der Waals surface area contributed by atoms with Crippen LogP contribution in [0.4, 0.5) is 0 Å². The van der Waals surface area contributed by atoms with Crippen LogP contribution in [0.5, 0.6) is 5.75 Å². The van der Waals surface area contributed by atoms with Gasteiger partial charge in [-0.2, -0.15) is 0 Å². The maximum Gasteiger partial charge on any atom is 0.188 e. The second-order valence-electron chi connectivity index (χ2n) is 5.42. The van der Waals surface area contributed by atoms with Gasteiger partial charge in [0.15, 0.2) is 6.79 Å². The van der Waals surface area contributed by atoms with E-state index in [-0.39, 0.29) is 6.79 Å². The van der Waals surface area contributed by atoms with Crippen LogP contribution >= 0.6 is 0 Å². The van der Waals surface area contributed by atoms with Crippen LogP contribution in [0.1, 0.15) is 31.4 Å². The molecule has 20 heavy (non-hydrogen) atoms. The lowest BCUT2D eigenvalue weighted by Crippen LogP contribution is -2.21. The van der Waals surface area contributed by atoms with E-state index in [0.717, 1.165) is 11.1 Å². The molecule has 1 atom stereocenters. The third-order valence-electron chi connectivity index (χ3n) is 3.76. The van der Waals surface area contributed by atoms with Crippen molar-refractivity contribution >= 4 is 10.8 Å². The Morgan fingerprint density at radius 2 is 2.00 bits per heavy atom. The number of rotatable bonds is 6. The van der Waals surface area contributed by atoms with Gasteiger partial charge in [0.2, 0.25) is 0 Å². The summed E-state index contributed by atoms with van der Waals surface area (Å²) in [5.74, 6) is 0.936. The molecule has 1 unspecified atom stereocenters. The lowest BCUT2D eigenvalue weighted by Gasteiger charge is -2.19. The zero-order valence-corrected chi connectivity index (χ0v) is 12.1. The summed E-state index contributed by atoms with van der Waals surface area (Å²) in [5, 5.41) is 5.97. The van der Waals surface area contributed by atoms with Crippen molar-refractivity contribution in [1.29, 1.82) is 0 Å². The molecule has 0 heterocycles. The third-order valence-corrected chi connectivity index (χ3v) is 3.76. The molecule has 3 nitrogen and oxygen atoms in total. The molecule has 1 N–H and O–H groups in total. The lowest BCUT2D eigenvalue weighted by molar-refractivity contribution is 0.0512. The predicted octanol–water partition coefficient (Wildman–Crippen LogP) is 3.64. The highest BCUT2D eigenvalue weighted by Gasteiger charge is 2.25. The zero-order valence-electron chi connectivity index (χ0n) is 12.1. The summed E-state index contributed by atoms with van der Waals surface area (Å²) in [4.78, 5) is 0. The van der Waals surface area contributed by atoms with Crippen LogP contribution in [0.2, 0.25) is 0 Å². The maximum atomic E-state index is 5.86. The van der Waals surface area contributed by atoms with Gasteiger partial charge in [-0.25, -0.2) is 0 Å². The Bertz CT molecular complexity index is 593. The van der Waals surface area contributed by atoms with Gasteiger partial charge in [-0.1, -0.05) is 36.4 Å². The number of methoxy groups -OCH3 is 1. The molecular weight excluding hydrogens is 250 g/mol. The molecule has 0 aromatic heterocycles. The molecule has 0 amide bonds. The molecule has 3 rings (SSSR count). The lowest BCUT2D eigenvalue weighted by atomic mass is 10.0. The highest BCUT2D eigenvalue weighted by Crippen LogP contribution is 2.35. The first-order valence-electron chi connectivity index (χ1n) is 7.19. The minimum atomic E-state index is 0.275. The number of nitrogens with one attached hydrogen (secondary N) is 1. The predicted molar refractivity (Wildman–Crippen MR) is 81.0 cm³/mol. The van der Waals surface area contributed by atoms with E-state index in [9.17, 15) is 0 Å². The van der Waals surface area contributed by atoms with Crippen LogP contribution in [0.3, 0.4) is 0 Å². The van der Waals surface area contributed by atoms with E-state index < -0.39 is 0 Å². The van der Waals surface area contributed by atoms with Gasteiger partial charge in [0.05, 0.1) is 0 Å². The fourth-order valence-electron chi connectivity index (χ4n) is 2.57.